The topological polar surface area (TPSA) is 34.0 Å². The summed E-state index contributed by atoms with van der Waals surface area (Å²) in [5, 5.41) is 0. The van der Waals surface area contributed by atoms with Gasteiger partial charge >= 0.3 is 6.02 Å². The van der Waals surface area contributed by atoms with Crippen LogP contribution in [0.3, 0.4) is 0 Å². The second-order valence-corrected chi connectivity index (χ2v) is 1.99. The van der Waals surface area contributed by atoms with E-state index in [-0.39, 0.29) is 0 Å². The summed E-state index contributed by atoms with van der Waals surface area (Å²) in [6, 6.07) is 0.497. The van der Waals surface area contributed by atoms with Crippen molar-refractivity contribution in [3.63, 3.8) is 0 Å². The molecule has 0 saturated heterocycles. The van der Waals surface area contributed by atoms with Gasteiger partial charge in [-0.2, -0.15) is 0 Å². The Kier molecular flexibility index (Phi) is 6.68. The first-order valence-corrected chi connectivity index (χ1v) is 4.01. The predicted octanol–water partition coefficient (Wildman–Crippen LogP) is 1.88. The van der Waals surface area contributed by atoms with E-state index in [4.69, 9.17) is 4.74 Å². The number of rotatable bonds is 3. The van der Waals surface area contributed by atoms with Crippen LogP contribution in [0.1, 0.15) is 27.2 Å². The van der Waals surface area contributed by atoms with Crippen molar-refractivity contribution in [3.8, 4) is 0 Å². The molecule has 0 spiro atoms. The van der Waals surface area contributed by atoms with E-state index < -0.39 is 0 Å². The summed E-state index contributed by atoms with van der Waals surface area (Å²) in [6.07, 6.45) is 2.67. The molecule has 0 N–H and O–H groups in total. The molecule has 0 unspecified atom stereocenters. The highest BCUT2D eigenvalue weighted by molar-refractivity contribution is 5.82. The zero-order valence-electron chi connectivity index (χ0n) is 7.50. The number of amidine groups is 1. The molecule has 0 amide bonds. The maximum Gasteiger partial charge on any atom is 0.311 e. The van der Waals surface area contributed by atoms with Crippen LogP contribution < -0.4 is 0 Å². The molecule has 0 bridgehead atoms. The third-order valence-electron chi connectivity index (χ3n) is 0.968. The SMILES string of the molecule is C/C=N\C(=NCC)OCCC. The van der Waals surface area contributed by atoms with Crippen molar-refractivity contribution in [2.45, 2.75) is 27.2 Å². The Labute approximate surface area is 68.2 Å². The summed E-state index contributed by atoms with van der Waals surface area (Å²) in [7, 11) is 0. The van der Waals surface area contributed by atoms with Crippen LogP contribution in [-0.4, -0.2) is 25.4 Å². The van der Waals surface area contributed by atoms with Gasteiger partial charge in [0.15, 0.2) is 0 Å². The third-order valence-corrected chi connectivity index (χ3v) is 0.968. The molecule has 0 rings (SSSR count). The fourth-order valence-corrected chi connectivity index (χ4v) is 0.563. The number of nitrogens with zero attached hydrogens (tertiary/aromatic N) is 2. The molecule has 0 aromatic rings. The van der Waals surface area contributed by atoms with Crippen LogP contribution in [0.25, 0.3) is 0 Å². The van der Waals surface area contributed by atoms with Crippen molar-refractivity contribution in [3.05, 3.63) is 0 Å². The van der Waals surface area contributed by atoms with E-state index in [9.17, 15) is 0 Å². The molecule has 3 nitrogen and oxygen atoms in total. The summed E-state index contributed by atoms with van der Waals surface area (Å²) in [6.45, 7) is 7.27. The van der Waals surface area contributed by atoms with Gasteiger partial charge in [0.05, 0.1) is 6.61 Å². The maximum absolute atomic E-state index is 5.22. The molecule has 0 saturated carbocycles. The van der Waals surface area contributed by atoms with Crippen molar-refractivity contribution in [1.29, 1.82) is 0 Å². The molecule has 0 heterocycles. The molecule has 0 atom stereocenters. The van der Waals surface area contributed by atoms with Crippen molar-refractivity contribution in [2.75, 3.05) is 13.2 Å². The van der Waals surface area contributed by atoms with Crippen LogP contribution in [0.2, 0.25) is 0 Å². The molecule has 0 aromatic heterocycles. The van der Waals surface area contributed by atoms with E-state index in [1.54, 1.807) is 6.21 Å². The second-order valence-electron chi connectivity index (χ2n) is 1.99. The molecule has 64 valence electrons. The molecular formula is C8H16N2O. The molecule has 0 fully saturated rings. The largest absolute Gasteiger partial charge is 0.464 e. The Hall–Kier alpha value is -0.860. The zero-order valence-corrected chi connectivity index (χ0v) is 7.50. The Morgan fingerprint density at radius 2 is 2.18 bits per heavy atom. The van der Waals surface area contributed by atoms with Gasteiger partial charge in [0.25, 0.3) is 0 Å². The smallest absolute Gasteiger partial charge is 0.311 e. The number of aliphatic imine (C=N–C) groups is 2. The third kappa shape index (κ3) is 5.58. The first kappa shape index (κ1) is 10.1. The molecule has 0 aliphatic rings. The molecule has 0 radical (unpaired) electrons. The highest BCUT2D eigenvalue weighted by atomic mass is 16.5. The average Bonchev–Trinajstić information content (AvgIpc) is 2.01. The number of ether oxygens (including phenoxy) is 1. The highest BCUT2D eigenvalue weighted by Gasteiger charge is 1.92. The Bertz CT molecular complexity index is 141. The Morgan fingerprint density at radius 3 is 2.64 bits per heavy atom. The van der Waals surface area contributed by atoms with E-state index in [0.717, 1.165) is 13.0 Å². The van der Waals surface area contributed by atoms with Gasteiger partial charge in [0, 0.05) is 12.8 Å². The average molecular weight is 156 g/mol. The molecule has 3 heteroatoms. The predicted molar refractivity (Wildman–Crippen MR) is 48.4 cm³/mol. The van der Waals surface area contributed by atoms with Gasteiger partial charge in [-0.05, 0) is 20.3 Å². The molecule has 0 aromatic carbocycles. The molecular weight excluding hydrogens is 140 g/mol. The van der Waals surface area contributed by atoms with Crippen LogP contribution in [-0.2, 0) is 4.74 Å². The van der Waals surface area contributed by atoms with E-state index in [1.807, 2.05) is 13.8 Å². The van der Waals surface area contributed by atoms with Gasteiger partial charge in [0.2, 0.25) is 0 Å². The lowest BCUT2D eigenvalue weighted by molar-refractivity contribution is 0.299. The van der Waals surface area contributed by atoms with Crippen molar-refractivity contribution < 1.29 is 4.74 Å². The standard InChI is InChI=1S/C8H16N2O/c1-4-7-11-8(9-5-2)10-6-3/h5H,4,6-7H2,1-3H3/b9-5-,10-8?. The minimum absolute atomic E-state index is 0.497. The lowest BCUT2D eigenvalue weighted by atomic mass is 10.5. The quantitative estimate of drug-likeness (QED) is 0.453. The Morgan fingerprint density at radius 1 is 1.45 bits per heavy atom. The second kappa shape index (κ2) is 7.25. The normalized spacial score (nSPS) is 12.5. The van der Waals surface area contributed by atoms with Crippen LogP contribution in [0, 0.1) is 0 Å². The molecule has 11 heavy (non-hydrogen) atoms. The minimum Gasteiger partial charge on any atom is -0.464 e. The Balaban J connectivity index is 3.79. The van der Waals surface area contributed by atoms with Crippen LogP contribution in [0.4, 0.5) is 0 Å². The maximum atomic E-state index is 5.22. The summed E-state index contributed by atoms with van der Waals surface area (Å²) >= 11 is 0. The first-order valence-electron chi connectivity index (χ1n) is 4.01. The fraction of sp³-hybridized carbons (Fsp3) is 0.750. The van der Waals surface area contributed by atoms with Crippen molar-refractivity contribution in [2.24, 2.45) is 9.98 Å². The van der Waals surface area contributed by atoms with E-state index in [0.29, 0.717) is 12.6 Å². The first-order chi connectivity index (χ1) is 5.35. The summed E-state index contributed by atoms with van der Waals surface area (Å²) in [5.74, 6) is 0. The fourth-order valence-electron chi connectivity index (χ4n) is 0.563. The van der Waals surface area contributed by atoms with E-state index in [1.165, 1.54) is 0 Å². The van der Waals surface area contributed by atoms with Gasteiger partial charge in [-0.3, -0.25) is 0 Å². The minimum atomic E-state index is 0.497. The van der Waals surface area contributed by atoms with Crippen molar-refractivity contribution >= 4 is 12.2 Å². The highest BCUT2D eigenvalue weighted by Crippen LogP contribution is 1.87. The monoisotopic (exact) mass is 156 g/mol. The van der Waals surface area contributed by atoms with Crippen LogP contribution in [0.5, 0.6) is 0 Å². The van der Waals surface area contributed by atoms with Gasteiger partial charge in [-0.1, -0.05) is 6.92 Å². The lowest BCUT2D eigenvalue weighted by Crippen LogP contribution is -2.03. The molecule has 0 aliphatic heterocycles. The molecule has 0 aliphatic carbocycles. The summed E-state index contributed by atoms with van der Waals surface area (Å²) < 4.78 is 5.22. The summed E-state index contributed by atoms with van der Waals surface area (Å²) in [5.41, 5.74) is 0. The lowest BCUT2D eigenvalue weighted by Gasteiger charge is -2.01. The van der Waals surface area contributed by atoms with E-state index in [2.05, 4.69) is 16.9 Å². The van der Waals surface area contributed by atoms with Gasteiger partial charge in [0.1, 0.15) is 0 Å². The number of hydrogen-bond donors (Lipinski definition) is 0. The zero-order chi connectivity index (χ0) is 8.53. The van der Waals surface area contributed by atoms with Gasteiger partial charge in [-0.25, -0.2) is 9.98 Å². The van der Waals surface area contributed by atoms with Crippen molar-refractivity contribution in [1.82, 2.24) is 0 Å². The van der Waals surface area contributed by atoms with Gasteiger partial charge in [-0.15, -0.1) is 0 Å². The summed E-state index contributed by atoms with van der Waals surface area (Å²) in [4.78, 5) is 8.00. The van der Waals surface area contributed by atoms with Crippen LogP contribution in [0.15, 0.2) is 9.98 Å². The van der Waals surface area contributed by atoms with Gasteiger partial charge < -0.3 is 4.74 Å². The number of hydrogen-bond acceptors (Lipinski definition) is 2. The van der Waals surface area contributed by atoms with Crippen LogP contribution >= 0.6 is 0 Å². The van der Waals surface area contributed by atoms with E-state index >= 15 is 0 Å².